The summed E-state index contributed by atoms with van der Waals surface area (Å²) in [5, 5.41) is 8.38. The van der Waals surface area contributed by atoms with Gasteiger partial charge >= 0.3 is 36.0 Å². The zero-order valence-corrected chi connectivity index (χ0v) is 4.72. The number of hydrogen-bond acceptors (Lipinski definition) is 3. The molecule has 5 heavy (non-hydrogen) atoms. The zero-order chi connectivity index (χ0) is 3.41. The molecule has 1 radical (unpaired) electrons. The molecule has 0 aromatic rings. The van der Waals surface area contributed by atoms with Gasteiger partial charge in [-0.1, -0.05) is 0 Å². The molecule has 0 heterocycles. The minimum absolute atomic E-state index is 0. The van der Waals surface area contributed by atoms with Crippen molar-refractivity contribution in [2.45, 2.75) is 0 Å². The summed E-state index contributed by atoms with van der Waals surface area (Å²) in [6.45, 7) is 0.625. The van der Waals surface area contributed by atoms with Crippen molar-refractivity contribution in [3.63, 3.8) is 0 Å². The van der Waals surface area contributed by atoms with Gasteiger partial charge in [-0.2, -0.15) is 0 Å². The Bertz CT molecular complexity index is 24.8. The van der Waals surface area contributed by atoms with Crippen LogP contribution in [-0.2, 0) is 9.68 Å². The molecule has 0 fully saturated rings. The number of rotatable bonds is 1. The van der Waals surface area contributed by atoms with Crippen molar-refractivity contribution < 1.29 is 45.9 Å². The van der Waals surface area contributed by atoms with Crippen LogP contribution in [0.1, 0.15) is 1.43 Å². The molecule has 0 aliphatic carbocycles. The molecule has 0 amide bonds. The Labute approximate surface area is 52.6 Å². The second kappa shape index (κ2) is 8.83. The minimum atomic E-state index is 0. The monoisotopic (exact) mass is 85.0 g/mol. The number of hydrogen-bond donors (Lipinski definition) is 0. The Balaban J connectivity index is -0.0000000450. The van der Waals surface area contributed by atoms with E-state index in [-0.39, 0.29) is 31.0 Å². The first-order chi connectivity index (χ1) is 1.91. The van der Waals surface area contributed by atoms with E-state index in [4.69, 9.17) is 10.1 Å². The van der Waals surface area contributed by atoms with Gasteiger partial charge in [0, 0.05) is 1.43 Å². The number of carbonyl (C=O) groups excluding carboxylic acids is 1. The van der Waals surface area contributed by atoms with Crippen molar-refractivity contribution in [2.24, 2.45) is 0 Å². The first kappa shape index (κ1) is 9.06. The van der Waals surface area contributed by atoms with Crippen molar-refractivity contribution in [3.8, 4) is 0 Å². The molecule has 0 N–H and O–H groups in total. The smallest absolute Gasteiger partial charge is 0.661 e. The van der Waals surface area contributed by atoms with Gasteiger partial charge in [0.05, 0.1) is 0 Å². The molecule has 0 aromatic heterocycles. The van der Waals surface area contributed by atoms with Crippen LogP contribution in [0.2, 0.25) is 0 Å². The summed E-state index contributed by atoms with van der Waals surface area (Å²) < 4.78 is 0. The summed E-state index contributed by atoms with van der Waals surface area (Å²) in [7, 11) is 0. The molecule has 0 unspecified atom stereocenters. The fraction of sp³-hybridized carbons (Fsp3) is 0. The summed E-state index contributed by atoms with van der Waals surface area (Å²) in [5.74, 6) is 0. The SMILES string of the molecule is O=[C]O[O-].[HH].[Na+]. The van der Waals surface area contributed by atoms with Gasteiger partial charge in [-0.05, 0) is 0 Å². The van der Waals surface area contributed by atoms with Crippen LogP contribution in [0.15, 0.2) is 0 Å². The normalized spacial score (nSPS) is 4.20. The Kier molecular flexibility index (Phi) is 16.0. The largest absolute Gasteiger partial charge is 1.00 e. The Hall–Kier alpha value is 0.430. The van der Waals surface area contributed by atoms with Gasteiger partial charge in [-0.15, -0.1) is 0 Å². The van der Waals surface area contributed by atoms with Crippen molar-refractivity contribution >= 4 is 6.47 Å². The maximum absolute atomic E-state index is 8.51. The topological polar surface area (TPSA) is 49.4 Å². The Morgan fingerprint density at radius 2 is 2.20 bits per heavy atom. The molecule has 0 aliphatic rings. The summed E-state index contributed by atoms with van der Waals surface area (Å²) in [6, 6.07) is 0. The standard InChI is InChI=1S/CHO3.Na.H2/c2-1-4-3;;/h3H;;1H/q;+1;/p-1. The quantitative estimate of drug-likeness (QED) is 0.183. The van der Waals surface area contributed by atoms with Crippen LogP contribution in [0, 0.1) is 0 Å². The van der Waals surface area contributed by atoms with Gasteiger partial charge < -0.3 is 10.1 Å². The third kappa shape index (κ3) is 12.8. The van der Waals surface area contributed by atoms with Gasteiger partial charge in [0.15, 0.2) is 0 Å². The Morgan fingerprint density at radius 3 is 2.20 bits per heavy atom. The molecular weight excluding hydrogens is 83.0 g/mol. The van der Waals surface area contributed by atoms with E-state index in [0.717, 1.165) is 0 Å². The van der Waals surface area contributed by atoms with E-state index in [0.29, 0.717) is 6.47 Å². The molecule has 3 nitrogen and oxygen atoms in total. The van der Waals surface area contributed by atoms with Crippen molar-refractivity contribution in [1.82, 2.24) is 0 Å². The third-order valence-electron chi connectivity index (χ3n) is 0.0340. The second-order valence-corrected chi connectivity index (χ2v) is 0.167. The maximum Gasteiger partial charge on any atom is 1.00 e. The molecule has 0 saturated heterocycles. The second-order valence-electron chi connectivity index (χ2n) is 0.167. The molecule has 0 saturated carbocycles. The average molecular weight is 85.0 g/mol. The van der Waals surface area contributed by atoms with Crippen LogP contribution in [0.3, 0.4) is 0 Å². The van der Waals surface area contributed by atoms with Crippen LogP contribution >= 0.6 is 0 Å². The molecule has 25 valence electrons. The van der Waals surface area contributed by atoms with Crippen LogP contribution in [0.4, 0.5) is 0 Å². The van der Waals surface area contributed by atoms with Gasteiger partial charge in [0.1, 0.15) is 0 Å². The summed E-state index contributed by atoms with van der Waals surface area (Å²) >= 11 is 0. The summed E-state index contributed by atoms with van der Waals surface area (Å²) in [5.41, 5.74) is 0. The van der Waals surface area contributed by atoms with E-state index in [9.17, 15) is 0 Å². The van der Waals surface area contributed by atoms with E-state index in [1.54, 1.807) is 0 Å². The maximum atomic E-state index is 8.51. The van der Waals surface area contributed by atoms with Crippen molar-refractivity contribution in [1.29, 1.82) is 0 Å². The molecule has 0 bridgehead atoms. The van der Waals surface area contributed by atoms with Crippen molar-refractivity contribution in [2.75, 3.05) is 0 Å². The molecule has 4 heteroatoms. The molecule has 0 aromatic carbocycles. The predicted molar refractivity (Wildman–Crippen MR) is 8.89 cm³/mol. The van der Waals surface area contributed by atoms with Gasteiger partial charge in [0.25, 0.3) is 0 Å². The molecule has 0 spiro atoms. The molecule has 0 rings (SSSR count). The van der Waals surface area contributed by atoms with E-state index in [2.05, 4.69) is 4.89 Å². The average Bonchev–Trinajstić information content (AvgIpc) is 1.37. The Morgan fingerprint density at radius 1 is 2.00 bits per heavy atom. The van der Waals surface area contributed by atoms with Crippen LogP contribution in [0.5, 0.6) is 0 Å². The van der Waals surface area contributed by atoms with Gasteiger partial charge in [0.2, 0.25) is 0 Å². The predicted octanol–water partition coefficient (Wildman–Crippen LogP) is -4.40. The van der Waals surface area contributed by atoms with Crippen molar-refractivity contribution in [3.05, 3.63) is 0 Å². The first-order valence-electron chi connectivity index (χ1n) is 0.575. The third-order valence-corrected chi connectivity index (χ3v) is 0.0340. The van der Waals surface area contributed by atoms with Crippen LogP contribution < -0.4 is 34.8 Å². The molecule has 0 atom stereocenters. The van der Waals surface area contributed by atoms with Crippen LogP contribution in [-0.4, -0.2) is 6.47 Å². The van der Waals surface area contributed by atoms with Gasteiger partial charge in [-0.3, -0.25) is 0 Å². The summed E-state index contributed by atoms with van der Waals surface area (Å²) in [6.07, 6.45) is 0. The first-order valence-corrected chi connectivity index (χ1v) is 0.575. The minimum Gasteiger partial charge on any atom is -0.661 e. The summed E-state index contributed by atoms with van der Waals surface area (Å²) in [4.78, 5) is 11.0. The molecular formula is CH2NaO3. The zero-order valence-electron chi connectivity index (χ0n) is 2.72. The fourth-order valence-electron chi connectivity index (χ4n) is 0. The van der Waals surface area contributed by atoms with E-state index in [1.807, 2.05) is 0 Å². The molecule has 0 aliphatic heterocycles. The van der Waals surface area contributed by atoms with Gasteiger partial charge in [-0.25, -0.2) is 4.79 Å². The van der Waals surface area contributed by atoms with E-state index < -0.39 is 0 Å². The fourth-order valence-corrected chi connectivity index (χ4v) is 0. The van der Waals surface area contributed by atoms with E-state index in [1.165, 1.54) is 0 Å². The van der Waals surface area contributed by atoms with E-state index >= 15 is 0 Å². The van der Waals surface area contributed by atoms with Crippen LogP contribution in [0.25, 0.3) is 0 Å².